The molecular weight excluding hydrogens is 574 g/mol. The van der Waals surface area contributed by atoms with Gasteiger partial charge in [0, 0.05) is 43.9 Å². The molecule has 0 saturated carbocycles. The van der Waals surface area contributed by atoms with E-state index in [0.29, 0.717) is 5.69 Å². The zero-order chi connectivity index (χ0) is 31.1. The number of nitrogens with zero attached hydrogens (tertiary/aromatic N) is 3. The Labute approximate surface area is 269 Å². The fraction of sp³-hybridized carbons (Fsp3) is 0. The molecule has 0 spiro atoms. The average Bonchev–Trinajstić information content (AvgIpc) is 3.77. The van der Waals surface area contributed by atoms with Gasteiger partial charge in [-0.3, -0.25) is 0 Å². The molecule has 0 atom stereocenters. The van der Waals surface area contributed by atoms with Crippen molar-refractivity contribution in [3.05, 3.63) is 163 Å². The fourth-order valence-electron chi connectivity index (χ4n) is 7.51. The minimum absolute atomic E-state index is 0.606. The summed E-state index contributed by atoms with van der Waals surface area (Å²) < 4.78 is 10.9. The number of aromatic nitrogens is 2. The van der Waals surface area contributed by atoms with Crippen LogP contribution < -0.4 is 0 Å². The molecular formula is C43H25N3O. The maximum absolute atomic E-state index is 8.29. The van der Waals surface area contributed by atoms with Crippen molar-refractivity contribution in [2.75, 3.05) is 0 Å². The normalized spacial score (nSPS) is 11.8. The van der Waals surface area contributed by atoms with E-state index in [1.807, 2.05) is 18.2 Å². The van der Waals surface area contributed by atoms with Crippen molar-refractivity contribution >= 4 is 71.2 Å². The summed E-state index contributed by atoms with van der Waals surface area (Å²) in [5.74, 6) is 0. The van der Waals surface area contributed by atoms with Crippen LogP contribution in [0.2, 0.25) is 0 Å². The van der Waals surface area contributed by atoms with E-state index in [4.69, 9.17) is 11.0 Å². The first kappa shape index (κ1) is 25.7. The third-order valence-electron chi connectivity index (χ3n) is 9.54. The number of para-hydroxylation sites is 5. The van der Waals surface area contributed by atoms with Crippen molar-refractivity contribution in [3.63, 3.8) is 0 Å². The van der Waals surface area contributed by atoms with Gasteiger partial charge < -0.3 is 13.6 Å². The highest BCUT2D eigenvalue weighted by atomic mass is 16.3. The zero-order valence-corrected chi connectivity index (χ0v) is 25.2. The molecule has 4 nitrogen and oxygen atoms in total. The standard InChI is InChI=1S/C43H25N3O/c1-44-35-24-27(22-23-40(35)45-37-18-8-3-13-29(37)30-14-4-9-19-38(30)45)28-12-2-7-17-36(28)46-39-20-10-5-15-31(39)33-25-34-32-16-6-11-21-42(32)47-43(34)26-41(33)46/h2-26H. The lowest BCUT2D eigenvalue weighted by molar-refractivity contribution is 0.669. The third-order valence-corrected chi connectivity index (χ3v) is 9.54. The average molecular weight is 600 g/mol. The van der Waals surface area contributed by atoms with Crippen molar-refractivity contribution in [1.29, 1.82) is 0 Å². The lowest BCUT2D eigenvalue weighted by Crippen LogP contribution is -1.98. The Morgan fingerprint density at radius 1 is 0.426 bits per heavy atom. The molecule has 10 rings (SSSR count). The van der Waals surface area contributed by atoms with E-state index in [2.05, 4.69) is 147 Å². The van der Waals surface area contributed by atoms with E-state index in [1.54, 1.807) is 0 Å². The summed E-state index contributed by atoms with van der Waals surface area (Å²) in [6, 6.07) is 52.9. The van der Waals surface area contributed by atoms with Gasteiger partial charge in [-0.05, 0) is 54.1 Å². The van der Waals surface area contributed by atoms with Crippen LogP contribution in [0.5, 0.6) is 0 Å². The van der Waals surface area contributed by atoms with E-state index in [9.17, 15) is 0 Å². The summed E-state index contributed by atoms with van der Waals surface area (Å²) >= 11 is 0. The molecule has 0 radical (unpaired) electrons. The van der Waals surface area contributed by atoms with Gasteiger partial charge >= 0.3 is 0 Å². The lowest BCUT2D eigenvalue weighted by Gasteiger charge is -2.16. The second-order valence-electron chi connectivity index (χ2n) is 12.0. The highest BCUT2D eigenvalue weighted by Gasteiger charge is 2.20. The highest BCUT2D eigenvalue weighted by Crippen LogP contribution is 2.42. The third kappa shape index (κ3) is 3.63. The van der Waals surface area contributed by atoms with Crippen LogP contribution in [-0.4, -0.2) is 9.13 Å². The lowest BCUT2D eigenvalue weighted by atomic mass is 10.0. The van der Waals surface area contributed by atoms with Gasteiger partial charge in [-0.25, -0.2) is 4.85 Å². The molecule has 47 heavy (non-hydrogen) atoms. The minimum atomic E-state index is 0.606. The maximum Gasteiger partial charge on any atom is 0.211 e. The van der Waals surface area contributed by atoms with Crippen molar-refractivity contribution in [3.8, 4) is 22.5 Å². The number of hydrogen-bond acceptors (Lipinski definition) is 1. The molecule has 0 aliphatic rings. The molecule has 7 aromatic carbocycles. The number of fused-ring (bicyclic) bond motifs is 9. The van der Waals surface area contributed by atoms with Gasteiger partial charge in [-0.2, -0.15) is 0 Å². The van der Waals surface area contributed by atoms with Crippen LogP contribution in [0.1, 0.15) is 0 Å². The molecule has 0 saturated heterocycles. The Morgan fingerprint density at radius 3 is 1.70 bits per heavy atom. The molecule has 0 N–H and O–H groups in total. The molecule has 3 aromatic heterocycles. The molecule has 218 valence electrons. The first-order chi connectivity index (χ1) is 23.3. The van der Waals surface area contributed by atoms with Crippen molar-refractivity contribution in [2.24, 2.45) is 0 Å². The molecule has 4 heteroatoms. The van der Waals surface area contributed by atoms with E-state index in [1.165, 1.54) is 21.5 Å². The Hall–Kier alpha value is -6.57. The number of furan rings is 1. The van der Waals surface area contributed by atoms with Crippen LogP contribution in [0.3, 0.4) is 0 Å². The molecule has 0 aliphatic carbocycles. The summed E-state index contributed by atoms with van der Waals surface area (Å²) in [6.07, 6.45) is 0. The molecule has 0 unspecified atom stereocenters. The summed E-state index contributed by atoms with van der Waals surface area (Å²) in [5, 5.41) is 6.96. The summed E-state index contributed by atoms with van der Waals surface area (Å²) in [5.41, 5.74) is 10.7. The SMILES string of the molecule is [C-]#[N+]c1cc(-c2ccccc2-n2c3ccccc3c3cc4c(cc32)oc2ccccc24)ccc1-n1c2ccccc2c2ccccc21. The van der Waals surface area contributed by atoms with Gasteiger partial charge in [0.1, 0.15) is 11.2 Å². The van der Waals surface area contributed by atoms with Gasteiger partial charge in [0.15, 0.2) is 0 Å². The van der Waals surface area contributed by atoms with Gasteiger partial charge in [0.2, 0.25) is 5.69 Å². The summed E-state index contributed by atoms with van der Waals surface area (Å²) in [6.45, 7) is 8.29. The van der Waals surface area contributed by atoms with Crippen molar-refractivity contribution in [2.45, 2.75) is 0 Å². The monoisotopic (exact) mass is 599 g/mol. The minimum Gasteiger partial charge on any atom is -0.456 e. The first-order valence-electron chi connectivity index (χ1n) is 15.7. The van der Waals surface area contributed by atoms with Crippen LogP contribution in [0.15, 0.2) is 156 Å². The van der Waals surface area contributed by atoms with Crippen molar-refractivity contribution < 1.29 is 4.42 Å². The quantitative estimate of drug-likeness (QED) is 0.186. The van der Waals surface area contributed by atoms with Gasteiger partial charge in [0.05, 0.1) is 40.0 Å². The number of benzene rings is 7. The predicted molar refractivity (Wildman–Crippen MR) is 194 cm³/mol. The van der Waals surface area contributed by atoms with Crippen LogP contribution >= 0.6 is 0 Å². The fourth-order valence-corrected chi connectivity index (χ4v) is 7.51. The van der Waals surface area contributed by atoms with Crippen LogP contribution in [0.25, 0.3) is 92.9 Å². The topological polar surface area (TPSA) is 27.4 Å². The van der Waals surface area contributed by atoms with E-state index >= 15 is 0 Å². The first-order valence-corrected chi connectivity index (χ1v) is 15.7. The zero-order valence-electron chi connectivity index (χ0n) is 25.2. The molecule has 0 amide bonds. The van der Waals surface area contributed by atoms with Crippen LogP contribution in [0.4, 0.5) is 5.69 Å². The molecule has 3 heterocycles. The smallest absolute Gasteiger partial charge is 0.211 e. The van der Waals surface area contributed by atoms with E-state index in [-0.39, 0.29) is 0 Å². The van der Waals surface area contributed by atoms with Gasteiger partial charge in [0.25, 0.3) is 0 Å². The van der Waals surface area contributed by atoms with Gasteiger partial charge in [-0.15, -0.1) is 0 Å². The largest absolute Gasteiger partial charge is 0.456 e. The van der Waals surface area contributed by atoms with Crippen molar-refractivity contribution in [1.82, 2.24) is 9.13 Å². The molecule has 0 aliphatic heterocycles. The summed E-state index contributed by atoms with van der Waals surface area (Å²) in [7, 11) is 0. The second kappa shape index (κ2) is 9.71. The van der Waals surface area contributed by atoms with E-state index < -0.39 is 0 Å². The Bertz CT molecular complexity index is 2880. The Kier molecular flexibility index (Phi) is 5.32. The number of rotatable bonds is 3. The van der Waals surface area contributed by atoms with Crippen LogP contribution in [-0.2, 0) is 0 Å². The predicted octanol–water partition coefficient (Wildman–Crippen LogP) is 12.0. The molecule has 10 aromatic rings. The number of hydrogen-bond donors (Lipinski definition) is 0. The Morgan fingerprint density at radius 2 is 1.00 bits per heavy atom. The Balaban J connectivity index is 1.21. The van der Waals surface area contributed by atoms with Crippen LogP contribution in [0, 0.1) is 6.57 Å². The second-order valence-corrected chi connectivity index (χ2v) is 12.0. The van der Waals surface area contributed by atoms with E-state index in [0.717, 1.165) is 66.5 Å². The van der Waals surface area contributed by atoms with Gasteiger partial charge in [-0.1, -0.05) is 97.1 Å². The maximum atomic E-state index is 8.29. The highest BCUT2D eigenvalue weighted by molar-refractivity contribution is 6.17. The summed E-state index contributed by atoms with van der Waals surface area (Å²) in [4.78, 5) is 4.08. The molecule has 0 bridgehead atoms. The molecule has 0 fully saturated rings.